The van der Waals surface area contributed by atoms with E-state index < -0.39 is 0 Å². The van der Waals surface area contributed by atoms with Crippen molar-refractivity contribution in [2.75, 3.05) is 0 Å². The quantitative estimate of drug-likeness (QED) is 0.129. The number of imidazole rings is 1. The number of pyridine rings is 1. The third kappa shape index (κ3) is 5.76. The van der Waals surface area contributed by atoms with E-state index in [1.54, 1.807) is 0 Å². The van der Waals surface area contributed by atoms with Gasteiger partial charge in [0.05, 0.1) is 11.5 Å². The largest absolute Gasteiger partial charge is 0.507 e. The average molecular weight is 806 g/mol. The topological polar surface area (TPSA) is 64.1 Å². The number of aromatic nitrogens is 3. The standard InChI is InChI=1S/C42H32N3O2.Pt/c1-27-20-28(2)22-32(21-27)45-26-38(44-42(45)29-12-4-3-5-13-29)37-23-36-34-17-10-11-19-39(34)47-41(36)35(40(37)46)18-9-7-15-31-25-43-24-30-14-6-8-16-33(30)31;/h3-12,14,16-17,19-26,46H,15,18H2,1-2H3;/q-1;/b9-7-;. The van der Waals surface area contributed by atoms with Crippen LogP contribution in [-0.4, -0.2) is 19.6 Å². The minimum absolute atomic E-state index is 0. The summed E-state index contributed by atoms with van der Waals surface area (Å²) >= 11 is 0. The Morgan fingerprint density at radius 2 is 1.56 bits per heavy atom. The molecule has 238 valence electrons. The normalized spacial score (nSPS) is 11.5. The monoisotopic (exact) mass is 805 g/mol. The number of hydrogen-bond acceptors (Lipinski definition) is 4. The second-order valence-corrected chi connectivity index (χ2v) is 12.1. The molecule has 8 aromatic rings. The van der Waals surface area contributed by atoms with Gasteiger partial charge in [-0.25, -0.2) is 0 Å². The van der Waals surface area contributed by atoms with E-state index in [2.05, 4.69) is 84.1 Å². The first-order valence-electron chi connectivity index (χ1n) is 15.8. The molecule has 5 aromatic carbocycles. The number of hydrogen-bond donors (Lipinski definition) is 1. The van der Waals surface area contributed by atoms with Gasteiger partial charge in [0.1, 0.15) is 16.9 Å². The zero-order valence-electron chi connectivity index (χ0n) is 26.6. The van der Waals surface area contributed by atoms with E-state index in [0.29, 0.717) is 23.3 Å². The summed E-state index contributed by atoms with van der Waals surface area (Å²) in [6.07, 6.45) is 11.3. The van der Waals surface area contributed by atoms with Crippen molar-refractivity contribution in [3.8, 4) is 34.1 Å². The maximum atomic E-state index is 12.0. The Morgan fingerprint density at radius 1 is 0.812 bits per heavy atom. The summed E-state index contributed by atoms with van der Waals surface area (Å²) in [7, 11) is 0. The van der Waals surface area contributed by atoms with Crippen LogP contribution in [0.15, 0.2) is 132 Å². The molecule has 0 fully saturated rings. The predicted molar refractivity (Wildman–Crippen MR) is 190 cm³/mol. The van der Waals surface area contributed by atoms with Crippen molar-refractivity contribution in [3.63, 3.8) is 0 Å². The molecule has 8 rings (SSSR count). The molecule has 5 nitrogen and oxygen atoms in total. The molecule has 0 radical (unpaired) electrons. The van der Waals surface area contributed by atoms with Gasteiger partial charge in [0, 0.05) is 72.6 Å². The Morgan fingerprint density at radius 3 is 2.38 bits per heavy atom. The van der Waals surface area contributed by atoms with E-state index >= 15 is 0 Å². The minimum Gasteiger partial charge on any atom is -0.507 e. The van der Waals surface area contributed by atoms with Gasteiger partial charge < -0.3 is 14.1 Å². The summed E-state index contributed by atoms with van der Waals surface area (Å²) in [6.45, 7) is 4.20. The number of fused-ring (bicyclic) bond motifs is 4. The number of phenolic OH excluding ortho intramolecular Hbond substituents is 1. The number of rotatable bonds is 7. The van der Waals surface area contributed by atoms with Crippen LogP contribution in [0.4, 0.5) is 0 Å². The second-order valence-electron chi connectivity index (χ2n) is 12.1. The zero-order valence-corrected chi connectivity index (χ0v) is 28.8. The van der Waals surface area contributed by atoms with Gasteiger partial charge in [-0.05, 0) is 73.0 Å². The van der Waals surface area contributed by atoms with Crippen LogP contribution in [0.3, 0.4) is 0 Å². The summed E-state index contributed by atoms with van der Waals surface area (Å²) in [5.41, 5.74) is 8.91. The van der Waals surface area contributed by atoms with Crippen molar-refractivity contribution >= 4 is 32.7 Å². The van der Waals surface area contributed by atoms with Gasteiger partial charge >= 0.3 is 0 Å². The molecule has 0 unspecified atom stereocenters. The van der Waals surface area contributed by atoms with Crippen molar-refractivity contribution in [1.82, 2.24) is 14.5 Å². The van der Waals surface area contributed by atoms with Crippen molar-refractivity contribution in [2.24, 2.45) is 0 Å². The van der Waals surface area contributed by atoms with Gasteiger partial charge in [-0.1, -0.05) is 60.7 Å². The van der Waals surface area contributed by atoms with Gasteiger partial charge in [0.25, 0.3) is 0 Å². The summed E-state index contributed by atoms with van der Waals surface area (Å²) in [5, 5.41) is 16.3. The van der Waals surface area contributed by atoms with E-state index in [4.69, 9.17) is 9.40 Å². The molecule has 0 amide bonds. The van der Waals surface area contributed by atoms with Crippen molar-refractivity contribution in [1.29, 1.82) is 0 Å². The minimum atomic E-state index is 0. The van der Waals surface area contributed by atoms with Crippen LogP contribution in [0.25, 0.3) is 61.0 Å². The van der Waals surface area contributed by atoms with Crippen LogP contribution in [0.2, 0.25) is 0 Å². The molecule has 0 aliphatic carbocycles. The Bertz CT molecular complexity index is 2430. The smallest absolute Gasteiger partial charge is 0.142 e. The molecule has 3 heterocycles. The summed E-state index contributed by atoms with van der Waals surface area (Å²) < 4.78 is 8.48. The van der Waals surface area contributed by atoms with Gasteiger partial charge in [0.2, 0.25) is 0 Å². The number of furan rings is 1. The third-order valence-corrected chi connectivity index (χ3v) is 8.73. The fourth-order valence-electron chi connectivity index (χ4n) is 6.57. The van der Waals surface area contributed by atoms with Crippen LogP contribution in [0.1, 0.15) is 22.3 Å². The van der Waals surface area contributed by atoms with Crippen LogP contribution >= 0.6 is 0 Å². The third-order valence-electron chi connectivity index (χ3n) is 8.73. The summed E-state index contributed by atoms with van der Waals surface area (Å²) in [4.78, 5) is 9.58. The number of benzene rings is 5. The number of allylic oxidation sites excluding steroid dienone is 2. The molecule has 0 aliphatic heterocycles. The number of para-hydroxylation sites is 1. The van der Waals surface area contributed by atoms with E-state index in [9.17, 15) is 5.11 Å². The van der Waals surface area contributed by atoms with Crippen LogP contribution in [-0.2, 0) is 33.9 Å². The van der Waals surface area contributed by atoms with Crippen LogP contribution in [0.5, 0.6) is 5.75 Å². The maximum absolute atomic E-state index is 12.0. The summed E-state index contributed by atoms with van der Waals surface area (Å²) in [6, 6.07) is 36.0. The Hall–Kier alpha value is -5.25. The van der Waals surface area contributed by atoms with Gasteiger partial charge in [0.15, 0.2) is 0 Å². The molecule has 0 spiro atoms. The number of phenols is 1. The molecule has 48 heavy (non-hydrogen) atoms. The van der Waals surface area contributed by atoms with Gasteiger partial charge in [-0.3, -0.25) is 9.97 Å². The van der Waals surface area contributed by atoms with Gasteiger partial charge in [-0.15, -0.1) is 35.9 Å². The van der Waals surface area contributed by atoms with Crippen molar-refractivity contribution in [2.45, 2.75) is 26.7 Å². The Balaban J connectivity index is 0.00000364. The number of aryl methyl sites for hydroxylation is 2. The molecule has 0 aliphatic rings. The second kappa shape index (κ2) is 13.1. The Labute approximate surface area is 293 Å². The number of aromatic hydroxyl groups is 1. The fraction of sp³-hybridized carbons (Fsp3) is 0.0952. The molecule has 6 heteroatoms. The first-order chi connectivity index (χ1) is 23.0. The van der Waals surface area contributed by atoms with E-state index in [1.165, 1.54) is 16.5 Å². The molecule has 3 aromatic heterocycles. The fourth-order valence-corrected chi connectivity index (χ4v) is 6.57. The predicted octanol–water partition coefficient (Wildman–Crippen LogP) is 10.1. The molecule has 0 saturated carbocycles. The first-order valence-corrected chi connectivity index (χ1v) is 15.8. The van der Waals surface area contributed by atoms with E-state index in [-0.39, 0.29) is 26.8 Å². The Kier molecular flexibility index (Phi) is 8.56. The number of nitrogens with zero attached hydrogens (tertiary/aromatic N) is 3. The van der Waals surface area contributed by atoms with E-state index in [0.717, 1.165) is 56.4 Å². The average Bonchev–Trinajstić information content (AvgIpc) is 3.70. The van der Waals surface area contributed by atoms with Gasteiger partial charge in [-0.2, -0.15) is 0 Å². The van der Waals surface area contributed by atoms with Crippen molar-refractivity contribution in [3.05, 3.63) is 156 Å². The molecular weight excluding hydrogens is 774 g/mol. The zero-order chi connectivity index (χ0) is 31.9. The molecule has 0 saturated heterocycles. The molecule has 1 N–H and O–H groups in total. The van der Waals surface area contributed by atoms with Crippen molar-refractivity contribution < 1.29 is 30.6 Å². The van der Waals surface area contributed by atoms with Crippen LogP contribution < -0.4 is 0 Å². The molecular formula is C42H32N3O2Pt-. The summed E-state index contributed by atoms with van der Waals surface area (Å²) in [5.74, 6) is 0.925. The maximum Gasteiger partial charge on any atom is 0.142 e. The first kappa shape index (κ1) is 31.4. The SMILES string of the molecule is Cc1cc(C)cc(-n2cc(-c3cc4c(oc5ccccc54)c(C/C=C\Cc4cncc5ccccc45)c3O)nc2-c2[c-]cccc2)c1.[Pt]. The van der Waals surface area contributed by atoms with Crippen LogP contribution in [0, 0.1) is 19.9 Å². The molecule has 0 bridgehead atoms. The van der Waals surface area contributed by atoms with E-state index in [1.807, 2.05) is 73.2 Å². The molecule has 0 atom stereocenters.